The Hall–Kier alpha value is -2.49. The van der Waals surface area contributed by atoms with Crippen molar-refractivity contribution in [2.24, 2.45) is 0 Å². The molecule has 4 rings (SSSR count). The van der Waals surface area contributed by atoms with Gasteiger partial charge in [0.1, 0.15) is 0 Å². The Morgan fingerprint density at radius 1 is 1.15 bits per heavy atom. The highest BCUT2D eigenvalue weighted by Gasteiger charge is 2.11. The highest BCUT2D eigenvalue weighted by Crippen LogP contribution is 2.33. The molecule has 6 nitrogen and oxygen atoms in total. The van der Waals surface area contributed by atoms with Gasteiger partial charge in [0.05, 0.1) is 20.8 Å². The first-order valence-corrected chi connectivity index (χ1v) is 10.5. The lowest BCUT2D eigenvalue weighted by Crippen LogP contribution is -1.90. The van der Waals surface area contributed by atoms with Gasteiger partial charge in [0.15, 0.2) is 10.3 Å². The maximum Gasteiger partial charge on any atom is 0.270 e. The van der Waals surface area contributed by atoms with Crippen LogP contribution in [0, 0.1) is 10.1 Å². The summed E-state index contributed by atoms with van der Waals surface area (Å²) in [7, 11) is 0. The van der Waals surface area contributed by atoms with Gasteiger partial charge in [-0.2, -0.15) is 0 Å². The van der Waals surface area contributed by atoms with Gasteiger partial charge in [-0.15, -0.1) is 23.1 Å². The molecule has 0 aliphatic heterocycles. The number of aromatic nitrogens is 2. The average Bonchev–Trinajstić information content (AvgIpc) is 3.27. The van der Waals surface area contributed by atoms with Crippen LogP contribution in [0.15, 0.2) is 52.7 Å². The molecule has 0 fully saturated rings. The number of rotatable bonds is 5. The maximum absolute atomic E-state index is 10.9. The number of thioether (sulfide) groups is 1. The zero-order valence-corrected chi connectivity index (χ0v) is 16.0. The molecule has 2 heterocycles. The van der Waals surface area contributed by atoms with Gasteiger partial charge in [-0.25, -0.2) is 9.97 Å². The van der Waals surface area contributed by atoms with E-state index >= 15 is 0 Å². The Labute approximate surface area is 161 Å². The normalized spacial score (nSPS) is 11.0. The largest absolute Gasteiger partial charge is 0.307 e. The fourth-order valence-corrected chi connectivity index (χ4v) is 4.62. The van der Waals surface area contributed by atoms with Crippen LogP contribution < -0.4 is 5.32 Å². The van der Waals surface area contributed by atoms with Crippen molar-refractivity contribution in [3.8, 4) is 11.3 Å². The van der Waals surface area contributed by atoms with E-state index in [4.69, 9.17) is 0 Å². The molecular weight excluding hydrogens is 388 g/mol. The van der Waals surface area contributed by atoms with Crippen LogP contribution in [0.25, 0.3) is 21.5 Å². The highest BCUT2D eigenvalue weighted by molar-refractivity contribution is 7.98. The number of hydrogen-bond acceptors (Lipinski definition) is 8. The topological polar surface area (TPSA) is 81.0 Å². The van der Waals surface area contributed by atoms with Gasteiger partial charge in [0.2, 0.25) is 0 Å². The first-order chi connectivity index (χ1) is 12.6. The Kier molecular flexibility index (Phi) is 4.58. The molecule has 2 aromatic heterocycles. The minimum atomic E-state index is -0.404. The van der Waals surface area contributed by atoms with Crippen molar-refractivity contribution in [2.45, 2.75) is 4.90 Å². The van der Waals surface area contributed by atoms with Gasteiger partial charge in [-0.05, 0) is 24.5 Å². The van der Waals surface area contributed by atoms with Gasteiger partial charge in [0.25, 0.3) is 5.69 Å². The van der Waals surface area contributed by atoms with Gasteiger partial charge >= 0.3 is 0 Å². The summed E-state index contributed by atoms with van der Waals surface area (Å²) in [5.74, 6) is 0. The fraction of sp³-hybridized carbons (Fsp3) is 0.0588. The first kappa shape index (κ1) is 17.0. The molecule has 9 heteroatoms. The number of thiazole rings is 2. The van der Waals surface area contributed by atoms with E-state index < -0.39 is 4.92 Å². The molecule has 0 amide bonds. The Morgan fingerprint density at radius 3 is 2.85 bits per heavy atom. The number of nitrogens with zero attached hydrogens (tertiary/aromatic N) is 3. The van der Waals surface area contributed by atoms with Crippen LogP contribution in [0.3, 0.4) is 0 Å². The van der Waals surface area contributed by atoms with Gasteiger partial charge in [-0.1, -0.05) is 23.5 Å². The number of fused-ring (bicyclic) bond motifs is 1. The summed E-state index contributed by atoms with van der Waals surface area (Å²) in [6.07, 6.45) is 2.05. The van der Waals surface area contributed by atoms with Crippen LogP contribution in [-0.4, -0.2) is 21.1 Å². The standard InChI is InChI=1S/C17H12N4O2S3/c1-24-12-5-6-13-15(8-12)26-17(18-13)20-16-19-14(9-25-16)10-3-2-4-11(7-10)21(22)23/h2-9H,1H3,(H,18,19,20). The quantitative estimate of drug-likeness (QED) is 0.259. The zero-order chi connectivity index (χ0) is 18.1. The summed E-state index contributed by atoms with van der Waals surface area (Å²) < 4.78 is 1.12. The van der Waals surface area contributed by atoms with Crippen LogP contribution >= 0.6 is 34.4 Å². The maximum atomic E-state index is 10.9. The molecule has 2 aromatic carbocycles. The summed E-state index contributed by atoms with van der Waals surface area (Å²) in [4.78, 5) is 20.8. The number of non-ortho nitro benzene ring substituents is 1. The van der Waals surface area contributed by atoms with E-state index in [1.54, 1.807) is 29.2 Å². The Bertz CT molecular complexity index is 1110. The molecule has 4 aromatic rings. The summed E-state index contributed by atoms with van der Waals surface area (Å²) in [6, 6.07) is 12.7. The Morgan fingerprint density at radius 2 is 2.04 bits per heavy atom. The molecule has 0 aliphatic carbocycles. The van der Waals surface area contributed by atoms with Gasteiger partial charge < -0.3 is 5.32 Å². The number of hydrogen-bond donors (Lipinski definition) is 1. The van der Waals surface area contributed by atoms with E-state index in [-0.39, 0.29) is 5.69 Å². The molecule has 0 radical (unpaired) electrons. The summed E-state index contributed by atoms with van der Waals surface area (Å²) in [5.41, 5.74) is 2.43. The number of nitrogens with one attached hydrogen (secondary N) is 1. The van der Waals surface area contributed by atoms with Crippen LogP contribution in [0.2, 0.25) is 0 Å². The number of nitro groups is 1. The third kappa shape index (κ3) is 3.41. The lowest BCUT2D eigenvalue weighted by atomic mass is 10.1. The fourth-order valence-electron chi connectivity index (χ4n) is 2.42. The van der Waals surface area contributed by atoms with E-state index in [1.807, 2.05) is 23.8 Å². The number of anilines is 2. The highest BCUT2D eigenvalue weighted by atomic mass is 32.2. The molecule has 0 bridgehead atoms. The second-order valence-electron chi connectivity index (χ2n) is 5.32. The molecule has 0 unspecified atom stereocenters. The minimum absolute atomic E-state index is 0.0563. The predicted octanol–water partition coefficient (Wildman–Crippen LogP) is 5.79. The smallest absolute Gasteiger partial charge is 0.270 e. The van der Waals surface area contributed by atoms with Crippen LogP contribution in [0.4, 0.5) is 16.0 Å². The predicted molar refractivity (Wildman–Crippen MR) is 109 cm³/mol. The van der Waals surface area contributed by atoms with Crippen molar-refractivity contribution >= 4 is 60.6 Å². The van der Waals surface area contributed by atoms with Crippen molar-refractivity contribution in [1.82, 2.24) is 9.97 Å². The van der Waals surface area contributed by atoms with E-state index in [2.05, 4.69) is 27.4 Å². The second kappa shape index (κ2) is 7.02. The van der Waals surface area contributed by atoms with E-state index in [0.717, 1.165) is 20.9 Å². The first-order valence-electron chi connectivity index (χ1n) is 7.54. The van der Waals surface area contributed by atoms with E-state index in [1.165, 1.54) is 28.4 Å². The minimum Gasteiger partial charge on any atom is -0.307 e. The molecular formula is C17H12N4O2S3. The summed E-state index contributed by atoms with van der Waals surface area (Å²) in [6.45, 7) is 0. The van der Waals surface area contributed by atoms with Crippen LogP contribution in [-0.2, 0) is 0 Å². The van der Waals surface area contributed by atoms with Crippen molar-refractivity contribution in [3.05, 3.63) is 58.0 Å². The third-order valence-corrected chi connectivity index (χ3v) is 6.08. The number of benzene rings is 2. The van der Waals surface area contributed by atoms with Crippen molar-refractivity contribution in [1.29, 1.82) is 0 Å². The lowest BCUT2D eigenvalue weighted by Gasteiger charge is -1.97. The third-order valence-electron chi connectivity index (χ3n) is 3.67. The molecule has 0 saturated heterocycles. The van der Waals surface area contributed by atoms with Crippen molar-refractivity contribution in [3.63, 3.8) is 0 Å². The molecule has 26 heavy (non-hydrogen) atoms. The van der Waals surface area contributed by atoms with Crippen molar-refractivity contribution in [2.75, 3.05) is 11.6 Å². The van der Waals surface area contributed by atoms with Crippen LogP contribution in [0.5, 0.6) is 0 Å². The second-order valence-corrected chi connectivity index (χ2v) is 8.09. The zero-order valence-electron chi connectivity index (χ0n) is 13.5. The summed E-state index contributed by atoms with van der Waals surface area (Å²) in [5, 5.41) is 17.5. The number of nitro benzene ring substituents is 1. The lowest BCUT2D eigenvalue weighted by molar-refractivity contribution is -0.384. The van der Waals surface area contributed by atoms with Gasteiger partial charge in [-0.3, -0.25) is 10.1 Å². The molecule has 0 spiro atoms. The SMILES string of the molecule is CSc1ccc2nc(Nc3nc(-c4cccc([N+](=O)[O-])c4)cs3)sc2c1. The van der Waals surface area contributed by atoms with E-state index in [9.17, 15) is 10.1 Å². The summed E-state index contributed by atoms with van der Waals surface area (Å²) >= 11 is 4.72. The Balaban J connectivity index is 1.59. The molecule has 0 saturated carbocycles. The van der Waals surface area contributed by atoms with Crippen molar-refractivity contribution < 1.29 is 4.92 Å². The monoisotopic (exact) mass is 400 g/mol. The van der Waals surface area contributed by atoms with E-state index in [0.29, 0.717) is 10.8 Å². The molecule has 0 atom stereocenters. The molecule has 130 valence electrons. The average molecular weight is 401 g/mol. The van der Waals surface area contributed by atoms with Crippen LogP contribution in [0.1, 0.15) is 0 Å². The molecule has 1 N–H and O–H groups in total. The molecule has 0 aliphatic rings. The van der Waals surface area contributed by atoms with Gasteiger partial charge in [0, 0.05) is 28.0 Å².